The minimum absolute atomic E-state index is 0.214. The van der Waals surface area contributed by atoms with Crippen molar-refractivity contribution < 1.29 is 9.13 Å². The molecule has 0 aliphatic heterocycles. The third-order valence-corrected chi connectivity index (χ3v) is 2.78. The van der Waals surface area contributed by atoms with Gasteiger partial charge in [0.15, 0.2) is 0 Å². The van der Waals surface area contributed by atoms with Crippen molar-refractivity contribution in [1.82, 2.24) is 0 Å². The maximum absolute atomic E-state index is 13.7. The predicted molar refractivity (Wildman–Crippen MR) is 77.8 cm³/mol. The average molecular weight is 269 g/mol. The molecule has 0 aliphatic rings. The second-order valence-corrected chi connectivity index (χ2v) is 4.43. The Bertz CT molecular complexity index is 626. The van der Waals surface area contributed by atoms with Crippen LogP contribution in [0.1, 0.15) is 24.1 Å². The SMILES string of the molecule is C[C@H](N)c1ccc(OCC#Cc2ccccc2)cc1F. The highest BCUT2D eigenvalue weighted by Gasteiger charge is 2.07. The van der Waals surface area contributed by atoms with Gasteiger partial charge in [-0.2, -0.15) is 0 Å². The second-order valence-electron chi connectivity index (χ2n) is 4.43. The lowest BCUT2D eigenvalue weighted by Crippen LogP contribution is -2.07. The number of ether oxygens (including phenoxy) is 1. The Labute approximate surface area is 118 Å². The van der Waals surface area contributed by atoms with Crippen molar-refractivity contribution in [2.45, 2.75) is 13.0 Å². The van der Waals surface area contributed by atoms with Crippen LogP contribution in [0.5, 0.6) is 5.75 Å². The summed E-state index contributed by atoms with van der Waals surface area (Å²) in [6.45, 7) is 1.95. The molecule has 2 rings (SSSR count). The first-order valence-electron chi connectivity index (χ1n) is 6.38. The fourth-order valence-electron chi connectivity index (χ4n) is 1.75. The van der Waals surface area contributed by atoms with Crippen LogP contribution in [-0.2, 0) is 0 Å². The topological polar surface area (TPSA) is 35.2 Å². The van der Waals surface area contributed by atoms with E-state index in [4.69, 9.17) is 10.5 Å². The molecule has 0 unspecified atom stereocenters. The van der Waals surface area contributed by atoms with Crippen molar-refractivity contribution in [1.29, 1.82) is 0 Å². The van der Waals surface area contributed by atoms with Crippen molar-refractivity contribution >= 4 is 0 Å². The smallest absolute Gasteiger partial charge is 0.149 e. The minimum atomic E-state index is -0.353. The number of hydrogen-bond donors (Lipinski definition) is 1. The molecule has 0 aromatic heterocycles. The van der Waals surface area contributed by atoms with Crippen LogP contribution in [0.4, 0.5) is 4.39 Å². The molecule has 0 heterocycles. The summed E-state index contributed by atoms with van der Waals surface area (Å²) in [6.07, 6.45) is 0. The van der Waals surface area contributed by atoms with Gasteiger partial charge in [0, 0.05) is 23.2 Å². The van der Waals surface area contributed by atoms with Gasteiger partial charge < -0.3 is 10.5 Å². The van der Waals surface area contributed by atoms with E-state index in [0.29, 0.717) is 11.3 Å². The molecule has 2 aromatic carbocycles. The highest BCUT2D eigenvalue weighted by atomic mass is 19.1. The van der Waals surface area contributed by atoms with E-state index in [1.807, 2.05) is 30.3 Å². The normalized spacial score (nSPS) is 11.3. The van der Waals surface area contributed by atoms with Crippen molar-refractivity contribution in [3.8, 4) is 17.6 Å². The quantitative estimate of drug-likeness (QED) is 0.868. The lowest BCUT2D eigenvalue weighted by atomic mass is 10.1. The van der Waals surface area contributed by atoms with E-state index < -0.39 is 0 Å². The summed E-state index contributed by atoms with van der Waals surface area (Å²) in [7, 11) is 0. The second kappa shape index (κ2) is 6.74. The van der Waals surface area contributed by atoms with Crippen molar-refractivity contribution in [3.05, 3.63) is 65.5 Å². The molecule has 2 N–H and O–H groups in total. The Morgan fingerprint density at radius 3 is 2.60 bits per heavy atom. The molecule has 0 saturated heterocycles. The van der Waals surface area contributed by atoms with Crippen LogP contribution in [0.15, 0.2) is 48.5 Å². The van der Waals surface area contributed by atoms with Crippen LogP contribution in [0, 0.1) is 17.7 Å². The molecule has 0 amide bonds. The fraction of sp³-hybridized carbons (Fsp3) is 0.176. The molecule has 0 spiro atoms. The first kappa shape index (κ1) is 14.1. The number of hydrogen-bond acceptors (Lipinski definition) is 2. The summed E-state index contributed by atoms with van der Waals surface area (Å²) < 4.78 is 19.1. The van der Waals surface area contributed by atoms with Crippen molar-refractivity contribution in [2.75, 3.05) is 6.61 Å². The van der Waals surface area contributed by atoms with Crippen LogP contribution in [0.2, 0.25) is 0 Å². The molecule has 3 heteroatoms. The molecule has 0 fully saturated rings. The van der Waals surface area contributed by atoms with Crippen LogP contribution in [0.25, 0.3) is 0 Å². The predicted octanol–water partition coefficient (Wildman–Crippen LogP) is 3.28. The van der Waals surface area contributed by atoms with Crippen LogP contribution in [-0.4, -0.2) is 6.61 Å². The standard InChI is InChI=1S/C17H16FNO/c1-13(19)16-10-9-15(12-17(16)18)20-11-5-8-14-6-3-2-4-7-14/h2-4,6-7,9-10,12-13H,11,19H2,1H3/t13-/m0/s1. The lowest BCUT2D eigenvalue weighted by Gasteiger charge is -2.08. The first-order valence-corrected chi connectivity index (χ1v) is 6.38. The van der Waals surface area contributed by atoms with E-state index in [1.54, 1.807) is 19.1 Å². The fourth-order valence-corrected chi connectivity index (χ4v) is 1.75. The zero-order valence-electron chi connectivity index (χ0n) is 11.3. The zero-order valence-corrected chi connectivity index (χ0v) is 11.3. The lowest BCUT2D eigenvalue weighted by molar-refractivity contribution is 0.367. The van der Waals surface area contributed by atoms with Gasteiger partial charge in [-0.1, -0.05) is 36.1 Å². The Morgan fingerprint density at radius 1 is 1.20 bits per heavy atom. The minimum Gasteiger partial charge on any atom is -0.481 e. The van der Waals surface area contributed by atoms with Gasteiger partial charge in [-0.25, -0.2) is 4.39 Å². The number of nitrogens with two attached hydrogens (primary N) is 1. The maximum Gasteiger partial charge on any atom is 0.149 e. The molecular formula is C17H16FNO. The van der Waals surface area contributed by atoms with Crippen LogP contribution in [0.3, 0.4) is 0 Å². The van der Waals surface area contributed by atoms with Crippen LogP contribution < -0.4 is 10.5 Å². The summed E-state index contributed by atoms with van der Waals surface area (Å²) in [5.74, 6) is 5.96. The van der Waals surface area contributed by atoms with Gasteiger partial charge in [0.25, 0.3) is 0 Å². The molecule has 2 aromatic rings. The monoisotopic (exact) mass is 269 g/mol. The average Bonchev–Trinajstić information content (AvgIpc) is 2.44. The molecule has 20 heavy (non-hydrogen) atoms. The molecule has 0 bridgehead atoms. The largest absolute Gasteiger partial charge is 0.481 e. The maximum atomic E-state index is 13.7. The molecule has 0 aliphatic carbocycles. The third kappa shape index (κ3) is 3.84. The van der Waals surface area contributed by atoms with E-state index in [1.165, 1.54) is 6.07 Å². The summed E-state index contributed by atoms with van der Waals surface area (Å²) in [5.41, 5.74) is 7.05. The summed E-state index contributed by atoms with van der Waals surface area (Å²) in [6, 6.07) is 14.0. The first-order chi connectivity index (χ1) is 9.66. The Kier molecular flexibility index (Phi) is 4.75. The van der Waals surface area contributed by atoms with Gasteiger partial charge in [0.2, 0.25) is 0 Å². The Balaban J connectivity index is 1.95. The van der Waals surface area contributed by atoms with Crippen molar-refractivity contribution in [2.24, 2.45) is 5.73 Å². The zero-order chi connectivity index (χ0) is 14.4. The summed E-state index contributed by atoms with van der Waals surface area (Å²) in [5, 5.41) is 0. The van der Waals surface area contributed by atoms with Crippen LogP contribution >= 0.6 is 0 Å². The molecule has 102 valence electrons. The van der Waals surface area contributed by atoms with Gasteiger partial charge in [-0.3, -0.25) is 0 Å². The van der Waals surface area contributed by atoms with Gasteiger partial charge in [0.05, 0.1) is 0 Å². The number of halogens is 1. The van der Waals surface area contributed by atoms with Gasteiger partial charge in [-0.15, -0.1) is 0 Å². The van der Waals surface area contributed by atoms with E-state index in [9.17, 15) is 4.39 Å². The van der Waals surface area contributed by atoms with E-state index in [0.717, 1.165) is 5.56 Å². The third-order valence-electron chi connectivity index (χ3n) is 2.78. The van der Waals surface area contributed by atoms with E-state index in [-0.39, 0.29) is 18.5 Å². The molecule has 1 atom stereocenters. The van der Waals surface area contributed by atoms with Gasteiger partial charge >= 0.3 is 0 Å². The van der Waals surface area contributed by atoms with Gasteiger partial charge in [0.1, 0.15) is 18.2 Å². The van der Waals surface area contributed by atoms with Gasteiger partial charge in [-0.05, 0) is 25.1 Å². The number of rotatable bonds is 3. The summed E-state index contributed by atoms with van der Waals surface area (Å²) >= 11 is 0. The molecule has 2 nitrogen and oxygen atoms in total. The molecule has 0 saturated carbocycles. The summed E-state index contributed by atoms with van der Waals surface area (Å²) in [4.78, 5) is 0. The molecular weight excluding hydrogens is 253 g/mol. The highest BCUT2D eigenvalue weighted by molar-refractivity contribution is 5.34. The Morgan fingerprint density at radius 2 is 1.95 bits per heavy atom. The van der Waals surface area contributed by atoms with E-state index >= 15 is 0 Å². The Hall–Kier alpha value is -2.31. The number of benzene rings is 2. The highest BCUT2D eigenvalue weighted by Crippen LogP contribution is 2.20. The molecule has 0 radical (unpaired) electrons. The van der Waals surface area contributed by atoms with Crippen molar-refractivity contribution in [3.63, 3.8) is 0 Å². The van der Waals surface area contributed by atoms with E-state index in [2.05, 4.69) is 11.8 Å².